The van der Waals surface area contributed by atoms with Crippen LogP contribution in [0.4, 0.5) is 28.9 Å². The van der Waals surface area contributed by atoms with Crippen molar-refractivity contribution in [3.8, 4) is 21.6 Å². The Labute approximate surface area is 423 Å². The number of aliphatic hydroxyl groups excluding tert-OH is 1. The Bertz CT molecular complexity index is 2940. The maximum Gasteiger partial charge on any atom is 0.417 e. The lowest BCUT2D eigenvalue weighted by atomic mass is 9.85. The third-order valence-electron chi connectivity index (χ3n) is 13.4. The van der Waals surface area contributed by atoms with Crippen molar-refractivity contribution in [2.24, 2.45) is 5.41 Å². The standard InChI is InChI=1S/C52H59F4N9O7S/c1-27-23-64(24-28(2)63(27)8)41-16-14-33(18-40(41)61-48(70)37-21-57-43(67)20-38(37)52(54,55)56)36-17-34(13-15-39(36)53)47(69)58-22-44(68)62-46(51(5,6)7)50(72)65-25-35(66)19-42(65)49(71)60-29(3)31-9-11-32(12-10-31)45-30(4)59-26-73-45/h9-18,20-21,26-29,35,42,46,66H,19,22-25H2,1-8H3,(H,57,67)(H,58,69)(H,60,71)(H,61,70)(H,62,68)/t27-,28+,29-,35-,42+,46+/m0/s1. The number of benzene rings is 3. The second-order valence-electron chi connectivity index (χ2n) is 19.8. The minimum absolute atomic E-state index is 0.0249. The molecule has 0 aliphatic carbocycles. The number of carbonyl (C=O) groups excluding carboxylic acids is 5. The molecular weight excluding hydrogens is 971 g/mol. The average molecular weight is 1030 g/mol. The van der Waals surface area contributed by atoms with Gasteiger partial charge in [0.2, 0.25) is 23.3 Å². The minimum atomic E-state index is -5.04. The molecule has 0 saturated carbocycles. The molecule has 3 aromatic carbocycles. The zero-order chi connectivity index (χ0) is 53.3. The molecule has 5 aromatic rings. The average Bonchev–Trinajstić information content (AvgIpc) is 3.95. The summed E-state index contributed by atoms with van der Waals surface area (Å²) < 4.78 is 57.8. The number of H-pyrrole nitrogens is 1. The molecule has 2 aromatic heterocycles. The highest BCUT2D eigenvalue weighted by Gasteiger charge is 2.45. The van der Waals surface area contributed by atoms with Crippen LogP contribution in [0.3, 0.4) is 0 Å². The number of alkyl halides is 3. The van der Waals surface area contributed by atoms with E-state index in [0.29, 0.717) is 31.0 Å². The summed E-state index contributed by atoms with van der Waals surface area (Å²) in [7, 11) is 1.96. The molecule has 21 heteroatoms. The third kappa shape index (κ3) is 12.3. The van der Waals surface area contributed by atoms with E-state index in [4.69, 9.17) is 0 Å². The molecule has 16 nitrogen and oxygen atoms in total. The van der Waals surface area contributed by atoms with Gasteiger partial charge in [-0.1, -0.05) is 51.1 Å². The summed E-state index contributed by atoms with van der Waals surface area (Å²) in [5.41, 5.74) is 0.679. The molecule has 5 amide bonds. The van der Waals surface area contributed by atoms with Crippen LogP contribution in [0.2, 0.25) is 0 Å². The number of amides is 5. The first-order chi connectivity index (χ1) is 34.3. The molecule has 6 N–H and O–H groups in total. The summed E-state index contributed by atoms with van der Waals surface area (Å²) in [6.45, 7) is 13.1. The number of carbonyl (C=O) groups is 5. The molecule has 4 heterocycles. The van der Waals surface area contributed by atoms with E-state index in [9.17, 15) is 47.0 Å². The number of likely N-dealkylation sites (N-methyl/N-ethyl adjacent to an activating group) is 1. The largest absolute Gasteiger partial charge is 0.417 e. The van der Waals surface area contributed by atoms with Gasteiger partial charge in [0.1, 0.15) is 17.9 Å². The smallest absolute Gasteiger partial charge is 0.391 e. The maximum atomic E-state index is 15.7. The normalized spacial score (nSPS) is 19.2. The number of aliphatic hydroxyl groups is 1. The van der Waals surface area contributed by atoms with Crippen LogP contribution in [0.5, 0.6) is 0 Å². The summed E-state index contributed by atoms with van der Waals surface area (Å²) in [5.74, 6) is -4.60. The fourth-order valence-corrected chi connectivity index (χ4v) is 9.95. The van der Waals surface area contributed by atoms with Crippen molar-refractivity contribution >= 4 is 52.2 Å². The highest BCUT2D eigenvalue weighted by molar-refractivity contribution is 7.13. The zero-order valence-electron chi connectivity index (χ0n) is 41.6. The van der Waals surface area contributed by atoms with Gasteiger partial charge < -0.3 is 41.2 Å². The van der Waals surface area contributed by atoms with Gasteiger partial charge in [-0.05, 0) is 87.2 Å². The molecule has 0 bridgehead atoms. The van der Waals surface area contributed by atoms with Crippen molar-refractivity contribution < 1.29 is 46.6 Å². The van der Waals surface area contributed by atoms with Crippen molar-refractivity contribution in [1.29, 1.82) is 0 Å². The lowest BCUT2D eigenvalue weighted by Crippen LogP contribution is -2.58. The molecule has 2 aliphatic heterocycles. The highest BCUT2D eigenvalue weighted by atomic mass is 32.1. The Kier molecular flexibility index (Phi) is 15.9. The van der Waals surface area contributed by atoms with E-state index < -0.39 is 94.4 Å². The van der Waals surface area contributed by atoms with Crippen LogP contribution >= 0.6 is 11.3 Å². The summed E-state index contributed by atoms with van der Waals surface area (Å²) in [5, 5.41) is 21.4. The fraction of sp³-hybridized carbons (Fsp3) is 0.404. The Hall–Kier alpha value is -6.97. The summed E-state index contributed by atoms with van der Waals surface area (Å²) in [6.07, 6.45) is -5.39. The van der Waals surface area contributed by atoms with Gasteiger partial charge in [0, 0.05) is 61.5 Å². The number of nitrogens with one attached hydrogen (secondary N) is 5. The number of likely N-dealkylation sites (tertiary alicyclic amines) is 1. The number of aromatic amines is 1. The Balaban J connectivity index is 1.05. The first kappa shape index (κ1) is 53.8. The molecule has 0 unspecified atom stereocenters. The second-order valence-corrected chi connectivity index (χ2v) is 20.7. The number of rotatable bonds is 13. The van der Waals surface area contributed by atoms with Crippen molar-refractivity contribution in [2.45, 2.75) is 97.4 Å². The second kappa shape index (κ2) is 21.6. The number of pyridine rings is 1. The first-order valence-corrected chi connectivity index (χ1v) is 24.6. The third-order valence-corrected chi connectivity index (χ3v) is 14.4. The monoisotopic (exact) mass is 1030 g/mol. The highest BCUT2D eigenvalue weighted by Crippen LogP contribution is 2.37. The van der Waals surface area contributed by atoms with Gasteiger partial charge in [0.05, 0.1) is 57.3 Å². The van der Waals surface area contributed by atoms with Gasteiger partial charge >= 0.3 is 6.18 Å². The molecular formula is C52H59F4N9O7S. The van der Waals surface area contributed by atoms with Gasteiger partial charge in [0.25, 0.3) is 11.8 Å². The predicted octanol–water partition coefficient (Wildman–Crippen LogP) is 6.51. The van der Waals surface area contributed by atoms with Crippen molar-refractivity contribution in [3.63, 3.8) is 0 Å². The van der Waals surface area contributed by atoms with Crippen molar-refractivity contribution in [3.05, 3.63) is 123 Å². The van der Waals surface area contributed by atoms with Gasteiger partial charge in [-0.25, -0.2) is 9.37 Å². The molecule has 2 aliphatic rings. The van der Waals surface area contributed by atoms with Crippen LogP contribution in [0, 0.1) is 18.2 Å². The van der Waals surface area contributed by atoms with E-state index in [1.165, 1.54) is 34.4 Å². The number of thiazole rings is 1. The number of hydrogen-bond donors (Lipinski definition) is 6. The van der Waals surface area contributed by atoms with Crippen LogP contribution < -0.4 is 31.7 Å². The summed E-state index contributed by atoms with van der Waals surface area (Å²) in [4.78, 5) is 93.5. The number of nitrogens with zero attached hydrogens (tertiary/aromatic N) is 4. The predicted molar refractivity (Wildman–Crippen MR) is 269 cm³/mol. The van der Waals surface area contributed by atoms with E-state index in [2.05, 4.69) is 36.1 Å². The van der Waals surface area contributed by atoms with Crippen LogP contribution in [-0.4, -0.2) is 118 Å². The number of aromatic nitrogens is 2. The topological polar surface area (TPSA) is 209 Å². The van der Waals surface area contributed by atoms with Crippen molar-refractivity contribution in [1.82, 2.24) is 35.7 Å². The molecule has 6 atom stereocenters. The van der Waals surface area contributed by atoms with Crippen molar-refractivity contribution in [2.75, 3.05) is 43.4 Å². The van der Waals surface area contributed by atoms with Gasteiger partial charge in [-0.2, -0.15) is 13.2 Å². The molecule has 0 spiro atoms. The van der Waals surface area contributed by atoms with E-state index >= 15 is 4.39 Å². The van der Waals surface area contributed by atoms with Crippen LogP contribution in [0.1, 0.15) is 91.5 Å². The number of aryl methyl sites for hydroxylation is 1. The fourth-order valence-electron chi connectivity index (χ4n) is 9.14. The molecule has 2 fully saturated rings. The van der Waals surface area contributed by atoms with Crippen LogP contribution in [0.25, 0.3) is 21.6 Å². The summed E-state index contributed by atoms with van der Waals surface area (Å²) in [6, 6.07) is 13.3. The first-order valence-electron chi connectivity index (χ1n) is 23.7. The lowest BCUT2D eigenvalue weighted by Gasteiger charge is -2.44. The number of halogens is 4. The van der Waals surface area contributed by atoms with Crippen LogP contribution in [-0.2, 0) is 20.6 Å². The minimum Gasteiger partial charge on any atom is -0.391 e. The quantitative estimate of drug-likeness (QED) is 0.0705. The number of anilines is 2. The van der Waals surface area contributed by atoms with Gasteiger partial charge in [0.15, 0.2) is 0 Å². The molecule has 73 heavy (non-hydrogen) atoms. The van der Waals surface area contributed by atoms with E-state index in [0.717, 1.165) is 27.8 Å². The van der Waals surface area contributed by atoms with Gasteiger partial charge in [-0.3, -0.25) is 33.7 Å². The number of piperazine rings is 1. The van der Waals surface area contributed by atoms with Crippen LogP contribution in [0.15, 0.2) is 83.2 Å². The molecule has 388 valence electrons. The van der Waals surface area contributed by atoms with Gasteiger partial charge in [-0.15, -0.1) is 11.3 Å². The Morgan fingerprint density at radius 3 is 2.21 bits per heavy atom. The van der Waals surface area contributed by atoms with E-state index in [1.807, 2.05) is 63.9 Å². The lowest BCUT2D eigenvalue weighted by molar-refractivity contribution is -0.144. The Morgan fingerprint density at radius 1 is 0.904 bits per heavy atom. The SMILES string of the molecule is Cc1ncsc1-c1ccc([C@H](C)NC(=O)[C@H]2C[C@H](O)CN2C(=O)[C@@H](NC(=O)CNC(=O)c2ccc(F)c(-c3ccc(N4C[C@@H](C)N(C)[C@@H](C)C4)c(NC(=O)c4c[nH]c(=O)cc4C(F)(F)F)c3)c2)C(C)(C)C)cc1. The molecule has 2 saturated heterocycles. The zero-order valence-corrected chi connectivity index (χ0v) is 42.4. The maximum absolute atomic E-state index is 15.7. The molecule has 0 radical (unpaired) electrons. The molecule has 7 rings (SSSR count). The number of hydrogen-bond acceptors (Lipinski definition) is 11. The van der Waals surface area contributed by atoms with E-state index in [-0.39, 0.29) is 47.4 Å². The Morgan fingerprint density at radius 2 is 1.58 bits per heavy atom. The summed E-state index contributed by atoms with van der Waals surface area (Å²) >= 11 is 1.53. The number of β-amino-alcohol motifs (C(OH)–C–C–N with tert-alkyl or cyclic N) is 1. The van der Waals surface area contributed by atoms with E-state index in [1.54, 1.807) is 38.4 Å².